The Morgan fingerprint density at radius 3 is 2.36 bits per heavy atom. The number of carboxylic acids is 1. The molecule has 2 aliphatic heterocycles. The van der Waals surface area contributed by atoms with Crippen molar-refractivity contribution in [3.05, 3.63) is 71.3 Å². The van der Waals surface area contributed by atoms with Crippen LogP contribution in [0.4, 0.5) is 0 Å². The van der Waals surface area contributed by atoms with Crippen LogP contribution in [0.25, 0.3) is 0 Å². The van der Waals surface area contributed by atoms with Crippen LogP contribution >= 0.6 is 0 Å². The molecule has 1 fully saturated rings. The summed E-state index contributed by atoms with van der Waals surface area (Å²) in [5, 5.41) is 9.63. The summed E-state index contributed by atoms with van der Waals surface area (Å²) in [5.74, 6) is -1.39. The first-order valence-corrected chi connectivity index (χ1v) is 9.97. The minimum absolute atomic E-state index is 0.00766. The van der Waals surface area contributed by atoms with Crippen molar-refractivity contribution in [2.45, 2.75) is 31.8 Å². The van der Waals surface area contributed by atoms with Crippen LogP contribution in [0.5, 0.6) is 0 Å². The summed E-state index contributed by atoms with van der Waals surface area (Å²) in [6.07, 6.45) is 1.67. The molecule has 5 nitrogen and oxygen atoms in total. The van der Waals surface area contributed by atoms with Gasteiger partial charge in [0.05, 0.1) is 5.92 Å². The minimum Gasteiger partial charge on any atom is -0.481 e. The lowest BCUT2D eigenvalue weighted by atomic mass is 9.88. The molecule has 0 spiro atoms. The molecule has 0 saturated carbocycles. The highest BCUT2D eigenvalue weighted by Crippen LogP contribution is 2.31. The first kappa shape index (κ1) is 18.7. The largest absolute Gasteiger partial charge is 0.481 e. The monoisotopic (exact) mass is 378 g/mol. The Balaban J connectivity index is 1.38. The van der Waals surface area contributed by atoms with Crippen molar-refractivity contribution in [1.29, 1.82) is 0 Å². The fourth-order valence-corrected chi connectivity index (χ4v) is 4.42. The number of nitrogens with zero attached hydrogens (tertiary/aromatic N) is 2. The maximum Gasteiger partial charge on any atom is 0.312 e. The van der Waals surface area contributed by atoms with Crippen molar-refractivity contribution in [3.63, 3.8) is 0 Å². The second-order valence-corrected chi connectivity index (χ2v) is 7.84. The molecule has 5 heteroatoms. The highest BCUT2D eigenvalue weighted by atomic mass is 16.4. The van der Waals surface area contributed by atoms with Gasteiger partial charge in [0.25, 0.3) is 0 Å². The number of rotatable bonds is 4. The van der Waals surface area contributed by atoms with E-state index in [-0.39, 0.29) is 18.4 Å². The van der Waals surface area contributed by atoms with E-state index >= 15 is 0 Å². The second-order valence-electron chi connectivity index (χ2n) is 7.84. The van der Waals surface area contributed by atoms with Crippen molar-refractivity contribution >= 4 is 11.9 Å². The summed E-state index contributed by atoms with van der Waals surface area (Å²) in [6.45, 7) is 3.51. The molecular formula is C23H26N2O3. The van der Waals surface area contributed by atoms with Gasteiger partial charge in [-0.05, 0) is 42.6 Å². The van der Waals surface area contributed by atoms with Gasteiger partial charge in [0.1, 0.15) is 0 Å². The molecule has 2 aromatic rings. The zero-order valence-corrected chi connectivity index (χ0v) is 16.0. The SMILES string of the molecule is O=C(O)C1CN(C(=O)C2CCN(Cc3ccccc3)CC2)Cc2ccccc21. The zero-order valence-electron chi connectivity index (χ0n) is 16.0. The van der Waals surface area contributed by atoms with E-state index < -0.39 is 11.9 Å². The number of piperidine rings is 1. The number of benzene rings is 2. The van der Waals surface area contributed by atoms with Crippen molar-refractivity contribution in [3.8, 4) is 0 Å². The van der Waals surface area contributed by atoms with Gasteiger partial charge >= 0.3 is 5.97 Å². The van der Waals surface area contributed by atoms with Gasteiger partial charge in [-0.25, -0.2) is 0 Å². The summed E-state index contributed by atoms with van der Waals surface area (Å²) in [5.41, 5.74) is 3.09. The average Bonchev–Trinajstić information content (AvgIpc) is 2.73. The molecule has 2 aromatic carbocycles. The molecule has 2 heterocycles. The Kier molecular flexibility index (Phi) is 5.44. The van der Waals surface area contributed by atoms with E-state index in [0.29, 0.717) is 6.54 Å². The Labute approximate surface area is 165 Å². The van der Waals surface area contributed by atoms with Gasteiger partial charge in [0.2, 0.25) is 5.91 Å². The van der Waals surface area contributed by atoms with Gasteiger partial charge in [0, 0.05) is 25.6 Å². The van der Waals surface area contributed by atoms with Gasteiger partial charge < -0.3 is 10.0 Å². The number of hydrogen-bond acceptors (Lipinski definition) is 3. The quantitative estimate of drug-likeness (QED) is 0.888. The van der Waals surface area contributed by atoms with Crippen LogP contribution in [-0.2, 0) is 22.7 Å². The average molecular weight is 378 g/mol. The van der Waals surface area contributed by atoms with E-state index in [0.717, 1.165) is 43.6 Å². The highest BCUT2D eigenvalue weighted by molar-refractivity contribution is 5.83. The van der Waals surface area contributed by atoms with Gasteiger partial charge in [-0.1, -0.05) is 54.6 Å². The molecule has 1 amide bonds. The molecule has 4 rings (SSSR count). The van der Waals surface area contributed by atoms with Crippen LogP contribution in [0.1, 0.15) is 35.4 Å². The number of aliphatic carboxylic acids is 1. The smallest absolute Gasteiger partial charge is 0.312 e. The third-order valence-electron chi connectivity index (χ3n) is 5.99. The topological polar surface area (TPSA) is 60.9 Å². The molecule has 0 aromatic heterocycles. The molecule has 1 N–H and O–H groups in total. The van der Waals surface area contributed by atoms with E-state index in [1.54, 1.807) is 4.90 Å². The maximum absolute atomic E-state index is 13.1. The third-order valence-corrected chi connectivity index (χ3v) is 5.99. The van der Waals surface area contributed by atoms with Crippen molar-refractivity contribution in [2.24, 2.45) is 5.92 Å². The first-order chi connectivity index (χ1) is 13.6. The highest BCUT2D eigenvalue weighted by Gasteiger charge is 2.35. The van der Waals surface area contributed by atoms with E-state index in [2.05, 4.69) is 29.2 Å². The summed E-state index contributed by atoms with van der Waals surface area (Å²) in [7, 11) is 0. The number of amides is 1. The lowest BCUT2D eigenvalue weighted by Gasteiger charge is -2.37. The van der Waals surface area contributed by atoms with Gasteiger partial charge in [-0.15, -0.1) is 0 Å². The van der Waals surface area contributed by atoms with Crippen LogP contribution in [0, 0.1) is 5.92 Å². The summed E-state index contributed by atoms with van der Waals surface area (Å²) < 4.78 is 0. The number of carboxylic acid groups (broad SMARTS) is 1. The van der Waals surface area contributed by atoms with E-state index in [9.17, 15) is 14.7 Å². The van der Waals surface area contributed by atoms with E-state index in [1.165, 1.54) is 5.56 Å². The lowest BCUT2D eigenvalue weighted by molar-refractivity contribution is -0.143. The number of fused-ring (bicyclic) bond motifs is 1. The van der Waals surface area contributed by atoms with Gasteiger partial charge in [-0.2, -0.15) is 0 Å². The van der Waals surface area contributed by atoms with E-state index in [4.69, 9.17) is 0 Å². The molecule has 146 valence electrons. The Bertz CT molecular complexity index is 844. The van der Waals surface area contributed by atoms with Crippen LogP contribution in [-0.4, -0.2) is 46.4 Å². The molecule has 1 saturated heterocycles. The van der Waals surface area contributed by atoms with Crippen molar-refractivity contribution in [1.82, 2.24) is 9.80 Å². The summed E-state index contributed by atoms with van der Waals surface area (Å²) >= 11 is 0. The van der Waals surface area contributed by atoms with Crippen LogP contribution in [0.3, 0.4) is 0 Å². The fourth-order valence-electron chi connectivity index (χ4n) is 4.42. The van der Waals surface area contributed by atoms with Crippen LogP contribution < -0.4 is 0 Å². The number of carbonyl (C=O) groups excluding carboxylic acids is 1. The molecular weight excluding hydrogens is 352 g/mol. The fraction of sp³-hybridized carbons (Fsp3) is 0.391. The normalized spacial score (nSPS) is 20.6. The second kappa shape index (κ2) is 8.15. The minimum atomic E-state index is -0.859. The number of hydrogen-bond donors (Lipinski definition) is 1. The van der Waals surface area contributed by atoms with Crippen LogP contribution in [0.15, 0.2) is 54.6 Å². The number of likely N-dealkylation sites (tertiary alicyclic amines) is 1. The molecule has 0 bridgehead atoms. The molecule has 0 aliphatic carbocycles. The van der Waals surface area contributed by atoms with Crippen molar-refractivity contribution < 1.29 is 14.7 Å². The van der Waals surface area contributed by atoms with Crippen molar-refractivity contribution in [2.75, 3.05) is 19.6 Å². The molecule has 0 radical (unpaired) electrons. The first-order valence-electron chi connectivity index (χ1n) is 9.97. The predicted molar refractivity (Wildman–Crippen MR) is 107 cm³/mol. The molecule has 2 aliphatic rings. The van der Waals surface area contributed by atoms with Gasteiger partial charge in [-0.3, -0.25) is 14.5 Å². The van der Waals surface area contributed by atoms with Gasteiger partial charge in [0.15, 0.2) is 0 Å². The Hall–Kier alpha value is -2.66. The third kappa shape index (κ3) is 3.94. The summed E-state index contributed by atoms with van der Waals surface area (Å²) in [4.78, 5) is 29.0. The maximum atomic E-state index is 13.1. The standard InChI is InChI=1S/C23H26N2O3/c26-22(18-10-12-24(13-11-18)14-17-6-2-1-3-7-17)25-15-19-8-4-5-9-20(19)21(16-25)23(27)28/h1-9,18,21H,10-16H2,(H,27,28). The Morgan fingerprint density at radius 2 is 1.64 bits per heavy atom. The van der Waals surface area contributed by atoms with E-state index in [1.807, 2.05) is 30.3 Å². The molecule has 1 atom stereocenters. The predicted octanol–water partition coefficient (Wildman–Crippen LogP) is 3.11. The van der Waals surface area contributed by atoms with Crippen LogP contribution in [0.2, 0.25) is 0 Å². The Morgan fingerprint density at radius 1 is 0.964 bits per heavy atom. The number of carbonyl (C=O) groups is 2. The lowest BCUT2D eigenvalue weighted by Crippen LogP contribution is -2.46. The summed E-state index contributed by atoms with van der Waals surface area (Å²) in [6, 6.07) is 18.0. The zero-order chi connectivity index (χ0) is 19.5. The molecule has 1 unspecified atom stereocenters. The molecule has 28 heavy (non-hydrogen) atoms.